The highest BCUT2D eigenvalue weighted by Crippen LogP contribution is 2.17. The van der Waals surface area contributed by atoms with E-state index < -0.39 is 6.09 Å². The third-order valence-corrected chi connectivity index (χ3v) is 3.03. The third kappa shape index (κ3) is 3.83. The molecule has 0 saturated carbocycles. The molecule has 4 nitrogen and oxygen atoms in total. The molecule has 0 aliphatic heterocycles. The Morgan fingerprint density at radius 2 is 1.95 bits per heavy atom. The second-order valence-electron chi connectivity index (χ2n) is 4.45. The van der Waals surface area contributed by atoms with Crippen molar-refractivity contribution in [1.29, 1.82) is 5.26 Å². The molecule has 0 N–H and O–H groups in total. The monoisotopic (exact) mass is 280 g/mol. The summed E-state index contributed by atoms with van der Waals surface area (Å²) in [6.45, 7) is 2.57. The zero-order valence-electron chi connectivity index (χ0n) is 11.8. The number of hydrogen-bond acceptors (Lipinski definition) is 3. The first-order valence-electron chi connectivity index (χ1n) is 6.73. The highest BCUT2D eigenvalue weighted by atomic mass is 16.6. The van der Waals surface area contributed by atoms with Gasteiger partial charge in [-0.25, -0.2) is 4.79 Å². The number of carbonyl (C=O) groups excluding carboxylic acids is 1. The van der Waals surface area contributed by atoms with Gasteiger partial charge >= 0.3 is 6.09 Å². The van der Waals surface area contributed by atoms with E-state index in [-0.39, 0.29) is 6.61 Å². The molecule has 0 bridgehead atoms. The van der Waals surface area contributed by atoms with Crippen molar-refractivity contribution in [2.45, 2.75) is 13.5 Å². The van der Waals surface area contributed by atoms with E-state index in [1.807, 2.05) is 37.3 Å². The molecule has 21 heavy (non-hydrogen) atoms. The molecule has 2 aromatic rings. The highest BCUT2D eigenvalue weighted by Gasteiger charge is 2.15. The van der Waals surface area contributed by atoms with E-state index in [2.05, 4.69) is 6.07 Å². The molecule has 0 saturated heterocycles. The van der Waals surface area contributed by atoms with Crippen molar-refractivity contribution in [1.82, 2.24) is 0 Å². The lowest BCUT2D eigenvalue weighted by molar-refractivity contribution is 0.147. The van der Waals surface area contributed by atoms with Crippen molar-refractivity contribution in [2.24, 2.45) is 0 Å². The van der Waals surface area contributed by atoms with E-state index in [1.165, 1.54) is 4.90 Å². The van der Waals surface area contributed by atoms with Gasteiger partial charge in [-0.1, -0.05) is 36.4 Å². The molecule has 0 heterocycles. The average Bonchev–Trinajstić information content (AvgIpc) is 2.55. The van der Waals surface area contributed by atoms with Crippen molar-refractivity contribution < 1.29 is 9.53 Å². The fourth-order valence-electron chi connectivity index (χ4n) is 1.96. The number of anilines is 1. The molecule has 0 radical (unpaired) electrons. The predicted molar refractivity (Wildman–Crippen MR) is 80.8 cm³/mol. The quantitative estimate of drug-likeness (QED) is 0.857. The van der Waals surface area contributed by atoms with E-state index in [1.54, 1.807) is 24.3 Å². The Bertz CT molecular complexity index is 647. The summed E-state index contributed by atoms with van der Waals surface area (Å²) in [5, 5.41) is 8.92. The fraction of sp³-hybridized carbons (Fsp3) is 0.176. The van der Waals surface area contributed by atoms with E-state index >= 15 is 0 Å². The highest BCUT2D eigenvalue weighted by molar-refractivity contribution is 5.87. The summed E-state index contributed by atoms with van der Waals surface area (Å²) >= 11 is 0. The maximum atomic E-state index is 12.2. The van der Waals surface area contributed by atoms with E-state index in [4.69, 9.17) is 10.00 Å². The lowest BCUT2D eigenvalue weighted by atomic mass is 10.2. The van der Waals surface area contributed by atoms with Crippen LogP contribution in [0.4, 0.5) is 10.5 Å². The molecule has 0 unspecified atom stereocenters. The van der Waals surface area contributed by atoms with Crippen LogP contribution < -0.4 is 4.90 Å². The van der Waals surface area contributed by atoms with Gasteiger partial charge in [0, 0.05) is 12.2 Å². The lowest BCUT2D eigenvalue weighted by Gasteiger charge is -2.20. The standard InChI is InChI=1S/C17H16N2O2/c1-2-19(16-10-6-9-15(11-16)12-18)17(20)21-13-14-7-4-3-5-8-14/h3-11H,2,13H2,1H3. The number of nitriles is 1. The fourth-order valence-corrected chi connectivity index (χ4v) is 1.96. The molecule has 1 amide bonds. The Balaban J connectivity index is 2.06. The van der Waals surface area contributed by atoms with Crippen LogP contribution in [0, 0.1) is 11.3 Å². The van der Waals surface area contributed by atoms with Gasteiger partial charge in [0.15, 0.2) is 0 Å². The summed E-state index contributed by atoms with van der Waals surface area (Å²) in [5.41, 5.74) is 2.11. The normalized spacial score (nSPS) is 9.71. The molecule has 0 spiro atoms. The van der Waals surface area contributed by atoms with E-state index in [0.29, 0.717) is 17.8 Å². The van der Waals surface area contributed by atoms with Crippen molar-refractivity contribution in [3.63, 3.8) is 0 Å². The molecule has 0 aliphatic rings. The smallest absolute Gasteiger partial charge is 0.414 e. The van der Waals surface area contributed by atoms with Crippen LogP contribution in [0.15, 0.2) is 54.6 Å². The Kier molecular flexibility index (Phi) is 4.94. The average molecular weight is 280 g/mol. The van der Waals surface area contributed by atoms with Crippen molar-refractivity contribution in [2.75, 3.05) is 11.4 Å². The van der Waals surface area contributed by atoms with Crippen LogP contribution in [0.1, 0.15) is 18.1 Å². The minimum Gasteiger partial charge on any atom is -0.444 e. The van der Waals surface area contributed by atoms with Gasteiger partial charge < -0.3 is 4.74 Å². The number of amides is 1. The van der Waals surface area contributed by atoms with Crippen LogP contribution >= 0.6 is 0 Å². The van der Waals surface area contributed by atoms with Gasteiger partial charge in [-0.05, 0) is 30.7 Å². The number of hydrogen-bond donors (Lipinski definition) is 0. The summed E-state index contributed by atoms with van der Waals surface area (Å²) in [6.07, 6.45) is -0.420. The molecule has 0 aliphatic carbocycles. The van der Waals surface area contributed by atoms with Gasteiger partial charge in [0.25, 0.3) is 0 Å². The summed E-state index contributed by atoms with van der Waals surface area (Å²) in [5.74, 6) is 0. The maximum Gasteiger partial charge on any atom is 0.414 e. The van der Waals surface area contributed by atoms with Gasteiger partial charge in [-0.3, -0.25) is 4.90 Å². The molecular weight excluding hydrogens is 264 g/mol. The van der Waals surface area contributed by atoms with E-state index in [0.717, 1.165) is 5.56 Å². The SMILES string of the molecule is CCN(C(=O)OCc1ccccc1)c1cccc(C#N)c1. The van der Waals surface area contributed by atoms with Crippen LogP contribution in [0.2, 0.25) is 0 Å². The lowest BCUT2D eigenvalue weighted by Crippen LogP contribution is -2.31. The van der Waals surface area contributed by atoms with E-state index in [9.17, 15) is 4.79 Å². The van der Waals surface area contributed by atoms with Crippen molar-refractivity contribution in [3.8, 4) is 6.07 Å². The Hall–Kier alpha value is -2.80. The summed E-state index contributed by atoms with van der Waals surface area (Å²) in [6, 6.07) is 18.5. The topological polar surface area (TPSA) is 53.3 Å². The predicted octanol–water partition coefficient (Wildman–Crippen LogP) is 3.72. The molecule has 4 heteroatoms. The Morgan fingerprint density at radius 1 is 1.19 bits per heavy atom. The van der Waals surface area contributed by atoms with Crippen LogP contribution in [0.5, 0.6) is 0 Å². The Labute approximate surface area is 124 Å². The maximum absolute atomic E-state index is 12.2. The zero-order valence-corrected chi connectivity index (χ0v) is 11.8. The summed E-state index contributed by atoms with van der Waals surface area (Å²) < 4.78 is 5.31. The second-order valence-corrected chi connectivity index (χ2v) is 4.45. The van der Waals surface area contributed by atoms with Gasteiger partial charge in [-0.2, -0.15) is 5.26 Å². The van der Waals surface area contributed by atoms with Gasteiger partial charge in [0.2, 0.25) is 0 Å². The minimum absolute atomic E-state index is 0.230. The van der Waals surface area contributed by atoms with Gasteiger partial charge in [0.05, 0.1) is 11.6 Å². The minimum atomic E-state index is -0.420. The molecule has 2 aromatic carbocycles. The summed E-state index contributed by atoms with van der Waals surface area (Å²) in [7, 11) is 0. The van der Waals surface area contributed by atoms with Crippen molar-refractivity contribution in [3.05, 3.63) is 65.7 Å². The van der Waals surface area contributed by atoms with Crippen LogP contribution in [-0.4, -0.2) is 12.6 Å². The first kappa shape index (κ1) is 14.6. The molecular formula is C17H16N2O2. The second kappa shape index (κ2) is 7.11. The largest absolute Gasteiger partial charge is 0.444 e. The molecule has 0 aromatic heterocycles. The first-order valence-corrected chi connectivity index (χ1v) is 6.73. The number of ether oxygens (including phenoxy) is 1. The first-order chi connectivity index (χ1) is 10.2. The molecule has 0 fully saturated rings. The Morgan fingerprint density at radius 3 is 2.62 bits per heavy atom. The molecule has 2 rings (SSSR count). The molecule has 106 valence electrons. The van der Waals surface area contributed by atoms with Gasteiger partial charge in [0.1, 0.15) is 6.61 Å². The number of carbonyl (C=O) groups is 1. The van der Waals surface area contributed by atoms with Gasteiger partial charge in [-0.15, -0.1) is 0 Å². The van der Waals surface area contributed by atoms with Crippen molar-refractivity contribution >= 4 is 11.8 Å². The third-order valence-electron chi connectivity index (χ3n) is 3.03. The number of nitrogens with zero attached hydrogens (tertiary/aromatic N) is 2. The molecule has 0 atom stereocenters. The van der Waals surface area contributed by atoms with Crippen LogP contribution in [0.25, 0.3) is 0 Å². The number of rotatable bonds is 4. The number of benzene rings is 2. The summed E-state index contributed by atoms with van der Waals surface area (Å²) in [4.78, 5) is 13.7. The zero-order chi connectivity index (χ0) is 15.1. The van der Waals surface area contributed by atoms with Crippen LogP contribution in [-0.2, 0) is 11.3 Å². The van der Waals surface area contributed by atoms with Crippen LogP contribution in [0.3, 0.4) is 0 Å².